The Hall–Kier alpha value is -2.67. The van der Waals surface area contributed by atoms with E-state index in [1.807, 2.05) is 18.2 Å². The molecule has 0 fully saturated rings. The molecule has 0 heterocycles. The number of carbonyl (C=O) groups excluding carboxylic acids is 1. The summed E-state index contributed by atoms with van der Waals surface area (Å²) in [5.41, 5.74) is 0.716. The van der Waals surface area contributed by atoms with E-state index in [9.17, 15) is 13.8 Å². The quantitative estimate of drug-likeness (QED) is 0.544. The third-order valence-electron chi connectivity index (χ3n) is 3.14. The summed E-state index contributed by atoms with van der Waals surface area (Å²) < 4.78 is 22.4. The maximum atomic E-state index is 12.0. The fourth-order valence-corrected chi connectivity index (χ4v) is 3.04. The maximum absolute atomic E-state index is 12.0. The van der Waals surface area contributed by atoms with E-state index in [0.717, 1.165) is 0 Å². The van der Waals surface area contributed by atoms with Gasteiger partial charge in [0.1, 0.15) is 24.7 Å². The normalized spacial score (nSPS) is 11.5. The Morgan fingerprint density at radius 2 is 1.76 bits per heavy atom. The minimum Gasteiger partial charge on any atom is -0.490 e. The minimum absolute atomic E-state index is 0.0689. The number of carboxylic acid groups (broad SMARTS) is 1. The summed E-state index contributed by atoms with van der Waals surface area (Å²) in [6.07, 6.45) is 0. The zero-order valence-corrected chi connectivity index (χ0v) is 14.2. The van der Waals surface area contributed by atoms with E-state index in [1.54, 1.807) is 24.3 Å². The number of para-hydroxylation sites is 1. The smallest absolute Gasteiger partial charge is 0.335 e. The minimum atomic E-state index is -1.47. The van der Waals surface area contributed by atoms with Crippen LogP contribution >= 0.6 is 0 Å². The Morgan fingerprint density at radius 3 is 2.48 bits per heavy atom. The van der Waals surface area contributed by atoms with Gasteiger partial charge >= 0.3 is 11.9 Å². The zero-order chi connectivity index (χ0) is 18.1. The topological polar surface area (TPSA) is 89.9 Å². The molecule has 132 valence electrons. The molecule has 0 aliphatic heterocycles. The molecule has 1 unspecified atom stereocenters. The van der Waals surface area contributed by atoms with Gasteiger partial charge < -0.3 is 14.6 Å². The van der Waals surface area contributed by atoms with Crippen molar-refractivity contribution in [2.75, 3.05) is 19.0 Å². The van der Waals surface area contributed by atoms with Gasteiger partial charge in [0.05, 0.1) is 5.56 Å². The van der Waals surface area contributed by atoms with Gasteiger partial charge in [0.25, 0.3) is 0 Å². The highest BCUT2D eigenvalue weighted by atomic mass is 32.2. The monoisotopic (exact) mass is 362 g/mol. The van der Waals surface area contributed by atoms with E-state index in [1.165, 1.54) is 12.1 Å². The number of esters is 1. The molecule has 0 aromatic heterocycles. The van der Waals surface area contributed by atoms with Crippen molar-refractivity contribution >= 4 is 22.7 Å². The van der Waals surface area contributed by atoms with E-state index >= 15 is 0 Å². The molecule has 2 aromatic carbocycles. The van der Waals surface area contributed by atoms with Crippen molar-refractivity contribution in [3.63, 3.8) is 0 Å². The van der Waals surface area contributed by atoms with Crippen molar-refractivity contribution in [2.24, 2.45) is 0 Å². The van der Waals surface area contributed by atoms with Crippen molar-refractivity contribution in [3.8, 4) is 5.75 Å². The molecule has 25 heavy (non-hydrogen) atoms. The van der Waals surface area contributed by atoms with Crippen molar-refractivity contribution in [3.05, 3.63) is 65.7 Å². The van der Waals surface area contributed by atoms with Crippen LogP contribution in [0.4, 0.5) is 0 Å². The lowest BCUT2D eigenvalue weighted by molar-refractivity contribution is -0.141. The molecule has 6 nitrogen and oxygen atoms in total. The summed E-state index contributed by atoms with van der Waals surface area (Å²) in [6.45, 7) is 0.280. The highest BCUT2D eigenvalue weighted by Gasteiger charge is 2.11. The average Bonchev–Trinajstić information content (AvgIpc) is 2.59. The second kappa shape index (κ2) is 9.58. The van der Waals surface area contributed by atoms with Crippen LogP contribution in [0.3, 0.4) is 0 Å². The molecule has 0 bridgehead atoms. The summed E-state index contributed by atoms with van der Waals surface area (Å²) in [4.78, 5) is 22.6. The number of hydrogen-bond acceptors (Lipinski definition) is 5. The summed E-state index contributed by atoms with van der Waals surface area (Å²) >= 11 is 0. The van der Waals surface area contributed by atoms with Crippen LogP contribution in [0.15, 0.2) is 54.6 Å². The fraction of sp³-hybridized carbons (Fsp3) is 0.222. The number of hydrogen-bond donors (Lipinski definition) is 1. The Labute approximate surface area is 147 Å². The molecule has 0 saturated carbocycles. The zero-order valence-electron chi connectivity index (χ0n) is 13.4. The van der Waals surface area contributed by atoms with Gasteiger partial charge in [-0.3, -0.25) is 9.00 Å². The molecule has 2 rings (SSSR count). The van der Waals surface area contributed by atoms with Crippen LogP contribution in [-0.4, -0.2) is 40.2 Å². The second-order valence-corrected chi connectivity index (χ2v) is 6.57. The summed E-state index contributed by atoms with van der Waals surface area (Å²) in [7, 11) is -1.47. The fourth-order valence-electron chi connectivity index (χ4n) is 2.04. The third-order valence-corrected chi connectivity index (χ3v) is 4.35. The Bertz CT molecular complexity index is 744. The molecular formula is C18H18O6S. The first kappa shape index (κ1) is 18.7. The van der Waals surface area contributed by atoms with Crippen LogP contribution < -0.4 is 4.74 Å². The summed E-state index contributed by atoms with van der Waals surface area (Å²) in [5, 5.41) is 8.93. The first-order valence-corrected chi connectivity index (χ1v) is 9.04. The standard InChI is InChI=1S/C18H18O6S/c19-17(24-10-9-23-16-7-2-1-3-8-16)13-25(22)12-14-5-4-6-15(11-14)18(20)21/h1-8,11H,9-10,12-13H2,(H,20,21). The lowest BCUT2D eigenvalue weighted by atomic mass is 10.1. The highest BCUT2D eigenvalue weighted by Crippen LogP contribution is 2.09. The van der Waals surface area contributed by atoms with Gasteiger partial charge in [-0.25, -0.2) is 4.79 Å². The SMILES string of the molecule is O=C(CS(=O)Cc1cccc(C(=O)O)c1)OCCOc1ccccc1. The Morgan fingerprint density at radius 1 is 1.00 bits per heavy atom. The Kier molecular flexibility index (Phi) is 7.16. The number of carbonyl (C=O) groups is 2. The van der Waals surface area contributed by atoms with E-state index in [-0.39, 0.29) is 30.3 Å². The number of aromatic carboxylic acids is 1. The lowest BCUT2D eigenvalue weighted by Crippen LogP contribution is -2.18. The first-order chi connectivity index (χ1) is 12.0. The molecular weight excluding hydrogens is 344 g/mol. The van der Waals surface area contributed by atoms with Crippen molar-refractivity contribution in [2.45, 2.75) is 5.75 Å². The van der Waals surface area contributed by atoms with Crippen LogP contribution in [0.1, 0.15) is 15.9 Å². The summed E-state index contributed by atoms with van der Waals surface area (Å²) in [6, 6.07) is 15.3. The van der Waals surface area contributed by atoms with E-state index < -0.39 is 22.7 Å². The van der Waals surface area contributed by atoms with E-state index in [0.29, 0.717) is 11.3 Å². The Balaban J connectivity index is 1.70. The van der Waals surface area contributed by atoms with Gasteiger partial charge in [-0.15, -0.1) is 0 Å². The number of benzene rings is 2. The largest absolute Gasteiger partial charge is 0.490 e. The predicted octanol–water partition coefficient (Wildman–Crippen LogP) is 2.26. The third kappa shape index (κ3) is 6.76. The van der Waals surface area contributed by atoms with Crippen LogP contribution in [0.5, 0.6) is 5.75 Å². The molecule has 0 spiro atoms. The number of ether oxygens (including phenoxy) is 2. The highest BCUT2D eigenvalue weighted by molar-refractivity contribution is 7.84. The summed E-state index contributed by atoms with van der Waals surface area (Å²) in [5.74, 6) is -1.10. The molecule has 0 amide bonds. The number of carboxylic acids is 1. The van der Waals surface area contributed by atoms with Crippen LogP contribution in [-0.2, 0) is 26.1 Å². The maximum Gasteiger partial charge on any atom is 0.335 e. The van der Waals surface area contributed by atoms with Crippen molar-refractivity contribution in [1.82, 2.24) is 0 Å². The first-order valence-electron chi connectivity index (χ1n) is 7.55. The molecule has 1 atom stereocenters. The molecule has 2 aromatic rings. The predicted molar refractivity (Wildman–Crippen MR) is 93.0 cm³/mol. The van der Waals surface area contributed by atoms with Crippen LogP contribution in [0.25, 0.3) is 0 Å². The van der Waals surface area contributed by atoms with Gasteiger partial charge in [0.2, 0.25) is 0 Å². The number of rotatable bonds is 9. The second-order valence-electron chi connectivity index (χ2n) is 5.12. The lowest BCUT2D eigenvalue weighted by Gasteiger charge is -2.07. The van der Waals surface area contributed by atoms with Gasteiger partial charge in [-0.2, -0.15) is 0 Å². The van der Waals surface area contributed by atoms with E-state index in [2.05, 4.69) is 0 Å². The molecule has 0 aliphatic carbocycles. The van der Waals surface area contributed by atoms with Crippen LogP contribution in [0, 0.1) is 0 Å². The van der Waals surface area contributed by atoms with Gasteiger partial charge in [-0.1, -0.05) is 30.3 Å². The molecule has 0 saturated heterocycles. The molecule has 0 aliphatic rings. The van der Waals surface area contributed by atoms with Crippen LogP contribution in [0.2, 0.25) is 0 Å². The van der Waals surface area contributed by atoms with Crippen molar-refractivity contribution in [1.29, 1.82) is 0 Å². The molecule has 7 heteroatoms. The van der Waals surface area contributed by atoms with Gasteiger partial charge in [0, 0.05) is 16.6 Å². The van der Waals surface area contributed by atoms with Gasteiger partial charge in [0.15, 0.2) is 0 Å². The van der Waals surface area contributed by atoms with E-state index in [4.69, 9.17) is 14.6 Å². The molecule has 0 radical (unpaired) electrons. The average molecular weight is 362 g/mol. The van der Waals surface area contributed by atoms with Gasteiger partial charge in [-0.05, 0) is 29.8 Å². The van der Waals surface area contributed by atoms with Crippen molar-refractivity contribution < 1.29 is 28.4 Å². The molecule has 1 N–H and O–H groups in total.